The van der Waals surface area contributed by atoms with Crippen molar-refractivity contribution in [2.75, 3.05) is 52.3 Å². The standard InChI is InChI=1S/C25H42N6O2/c1-9-18(33-15-14-30(6)7)16-21(26-10-2)23-27-20-13-11-12-19(20)24(28-23)31(8)17-22(32)29-25(3,4)5/h16H,9-15,17H2,1-8H3,(H,29,32)/b18-16+,26-21?. The van der Waals surface area contributed by atoms with E-state index in [-0.39, 0.29) is 18.0 Å². The fourth-order valence-corrected chi connectivity index (χ4v) is 3.70. The van der Waals surface area contributed by atoms with Crippen molar-refractivity contribution in [3.8, 4) is 0 Å². The van der Waals surface area contributed by atoms with E-state index in [9.17, 15) is 4.79 Å². The maximum absolute atomic E-state index is 12.5. The highest BCUT2D eigenvalue weighted by molar-refractivity contribution is 6.06. The number of amides is 1. The van der Waals surface area contributed by atoms with Crippen LogP contribution in [-0.4, -0.2) is 79.4 Å². The Hall–Kier alpha value is -2.48. The first-order valence-electron chi connectivity index (χ1n) is 12.0. The number of nitrogens with zero attached hydrogens (tertiary/aromatic N) is 5. The minimum Gasteiger partial charge on any atom is -0.497 e. The molecule has 0 unspecified atom stereocenters. The summed E-state index contributed by atoms with van der Waals surface area (Å²) in [5.41, 5.74) is 2.65. The van der Waals surface area contributed by atoms with Gasteiger partial charge >= 0.3 is 0 Å². The molecule has 0 radical (unpaired) electrons. The van der Waals surface area contributed by atoms with Crippen molar-refractivity contribution in [1.29, 1.82) is 0 Å². The predicted octanol–water partition coefficient (Wildman–Crippen LogP) is 3.00. The van der Waals surface area contributed by atoms with E-state index in [4.69, 9.17) is 14.7 Å². The summed E-state index contributed by atoms with van der Waals surface area (Å²) in [6.45, 7) is 12.4. The van der Waals surface area contributed by atoms with Crippen LogP contribution in [0.3, 0.4) is 0 Å². The third-order valence-corrected chi connectivity index (χ3v) is 5.20. The van der Waals surface area contributed by atoms with Crippen LogP contribution in [0.4, 0.5) is 5.82 Å². The van der Waals surface area contributed by atoms with Crippen LogP contribution >= 0.6 is 0 Å². The summed E-state index contributed by atoms with van der Waals surface area (Å²) in [4.78, 5) is 31.0. The second-order valence-electron chi connectivity index (χ2n) is 9.78. The van der Waals surface area contributed by atoms with E-state index in [1.165, 1.54) is 0 Å². The van der Waals surface area contributed by atoms with Crippen molar-refractivity contribution in [2.24, 2.45) is 4.99 Å². The largest absolute Gasteiger partial charge is 0.497 e. The summed E-state index contributed by atoms with van der Waals surface area (Å²) in [5, 5.41) is 3.03. The third-order valence-electron chi connectivity index (χ3n) is 5.20. The molecule has 0 saturated carbocycles. The number of hydrogen-bond acceptors (Lipinski definition) is 7. The Morgan fingerprint density at radius 3 is 2.52 bits per heavy atom. The van der Waals surface area contributed by atoms with E-state index < -0.39 is 0 Å². The number of aromatic nitrogens is 2. The zero-order valence-electron chi connectivity index (χ0n) is 21.8. The lowest BCUT2D eigenvalue weighted by Crippen LogP contribution is -2.45. The normalized spacial score (nSPS) is 14.5. The lowest BCUT2D eigenvalue weighted by atomic mass is 10.1. The summed E-state index contributed by atoms with van der Waals surface area (Å²) in [6.07, 6.45) is 5.63. The minimum atomic E-state index is -0.272. The first-order valence-corrected chi connectivity index (χ1v) is 12.0. The Morgan fingerprint density at radius 1 is 1.18 bits per heavy atom. The maximum Gasteiger partial charge on any atom is 0.239 e. The van der Waals surface area contributed by atoms with Crippen molar-refractivity contribution in [2.45, 2.75) is 65.8 Å². The molecule has 1 amide bonds. The van der Waals surface area contributed by atoms with Gasteiger partial charge in [0.15, 0.2) is 5.82 Å². The number of carbonyl (C=O) groups is 1. The number of likely N-dealkylation sites (N-methyl/N-ethyl adjacent to an activating group) is 2. The van der Waals surface area contributed by atoms with E-state index in [1.807, 2.05) is 59.8 Å². The number of nitrogens with one attached hydrogen (secondary N) is 1. The average Bonchev–Trinajstić information content (AvgIpc) is 3.18. The summed E-state index contributed by atoms with van der Waals surface area (Å²) < 4.78 is 5.99. The minimum absolute atomic E-state index is 0.0261. The number of fused-ring (bicyclic) bond motifs is 1. The molecular formula is C25H42N6O2. The molecule has 184 valence electrons. The summed E-state index contributed by atoms with van der Waals surface area (Å²) >= 11 is 0. The summed E-state index contributed by atoms with van der Waals surface area (Å²) in [7, 11) is 5.98. The van der Waals surface area contributed by atoms with Gasteiger partial charge in [-0.25, -0.2) is 9.97 Å². The van der Waals surface area contributed by atoms with Crippen LogP contribution in [0.15, 0.2) is 16.8 Å². The maximum atomic E-state index is 12.5. The Labute approximate surface area is 199 Å². The molecule has 33 heavy (non-hydrogen) atoms. The number of anilines is 1. The molecule has 0 atom stereocenters. The van der Waals surface area contributed by atoms with Crippen LogP contribution in [0.2, 0.25) is 0 Å². The topological polar surface area (TPSA) is 83.0 Å². The molecule has 1 heterocycles. The number of aryl methyl sites for hydroxylation is 1. The molecule has 0 aromatic carbocycles. The van der Waals surface area contributed by atoms with Gasteiger partial charge in [-0.3, -0.25) is 9.79 Å². The van der Waals surface area contributed by atoms with Gasteiger partial charge in [-0.15, -0.1) is 0 Å². The first-order chi connectivity index (χ1) is 15.5. The van der Waals surface area contributed by atoms with Gasteiger partial charge in [0.2, 0.25) is 5.91 Å². The van der Waals surface area contributed by atoms with Crippen LogP contribution in [0, 0.1) is 0 Å². The molecule has 0 fully saturated rings. The number of allylic oxidation sites excluding steroid dienone is 2. The lowest BCUT2D eigenvalue weighted by Gasteiger charge is -2.25. The number of aliphatic imine (C=N–C) groups is 1. The van der Waals surface area contributed by atoms with E-state index >= 15 is 0 Å². The highest BCUT2D eigenvalue weighted by Gasteiger charge is 2.24. The Balaban J connectivity index is 2.35. The molecule has 0 bridgehead atoms. The Bertz CT molecular complexity index is 870. The van der Waals surface area contributed by atoms with Crippen molar-refractivity contribution in [1.82, 2.24) is 20.2 Å². The molecule has 1 aromatic heterocycles. The number of rotatable bonds is 11. The molecule has 1 aliphatic carbocycles. The van der Waals surface area contributed by atoms with Crippen LogP contribution in [0.5, 0.6) is 0 Å². The van der Waals surface area contributed by atoms with Crippen molar-refractivity contribution >= 4 is 17.4 Å². The monoisotopic (exact) mass is 458 g/mol. The molecular weight excluding hydrogens is 416 g/mol. The predicted molar refractivity (Wildman–Crippen MR) is 135 cm³/mol. The van der Waals surface area contributed by atoms with Crippen molar-refractivity contribution in [3.05, 3.63) is 28.9 Å². The zero-order valence-corrected chi connectivity index (χ0v) is 21.8. The lowest BCUT2D eigenvalue weighted by molar-refractivity contribution is -0.121. The van der Waals surface area contributed by atoms with E-state index in [2.05, 4.69) is 22.1 Å². The quantitative estimate of drug-likeness (QED) is 0.405. The number of carbonyl (C=O) groups excluding carboxylic acids is 1. The van der Waals surface area contributed by atoms with Gasteiger partial charge in [-0.2, -0.15) is 0 Å². The number of ether oxygens (including phenoxy) is 1. The fourth-order valence-electron chi connectivity index (χ4n) is 3.70. The molecule has 8 nitrogen and oxygen atoms in total. The van der Waals surface area contributed by atoms with Gasteiger partial charge in [0.25, 0.3) is 0 Å². The highest BCUT2D eigenvalue weighted by Crippen LogP contribution is 2.28. The molecule has 1 N–H and O–H groups in total. The molecule has 1 aromatic rings. The van der Waals surface area contributed by atoms with Gasteiger partial charge < -0.3 is 19.9 Å². The second kappa shape index (κ2) is 12.1. The van der Waals surface area contributed by atoms with E-state index in [0.717, 1.165) is 60.8 Å². The summed E-state index contributed by atoms with van der Waals surface area (Å²) in [5.74, 6) is 2.26. The summed E-state index contributed by atoms with van der Waals surface area (Å²) in [6, 6.07) is 0. The van der Waals surface area contributed by atoms with Crippen molar-refractivity contribution < 1.29 is 9.53 Å². The second-order valence-corrected chi connectivity index (χ2v) is 9.78. The molecule has 0 aliphatic heterocycles. The van der Waals surface area contributed by atoms with Gasteiger partial charge in [0, 0.05) is 49.4 Å². The van der Waals surface area contributed by atoms with Gasteiger partial charge in [-0.05, 0) is 61.1 Å². The van der Waals surface area contributed by atoms with Gasteiger partial charge in [-0.1, -0.05) is 6.92 Å². The van der Waals surface area contributed by atoms with Crippen LogP contribution in [0.25, 0.3) is 0 Å². The molecule has 2 rings (SSSR count). The van der Waals surface area contributed by atoms with Gasteiger partial charge in [0.1, 0.15) is 18.1 Å². The van der Waals surface area contributed by atoms with Gasteiger partial charge in [0.05, 0.1) is 12.3 Å². The Kier molecular flexibility index (Phi) is 9.83. The number of hydrogen-bond donors (Lipinski definition) is 1. The fraction of sp³-hybridized carbons (Fsp3) is 0.680. The van der Waals surface area contributed by atoms with Crippen LogP contribution < -0.4 is 10.2 Å². The zero-order chi connectivity index (χ0) is 24.6. The molecule has 1 aliphatic rings. The highest BCUT2D eigenvalue weighted by atomic mass is 16.5. The van der Waals surface area contributed by atoms with Crippen molar-refractivity contribution in [3.63, 3.8) is 0 Å². The van der Waals surface area contributed by atoms with E-state index in [0.29, 0.717) is 19.0 Å². The third kappa shape index (κ3) is 8.42. The SMILES string of the molecule is CCN=C(/C=C(\CC)OCCN(C)C)c1nc2c(c(N(C)CC(=O)NC(C)(C)C)n1)CCC2. The molecule has 0 saturated heterocycles. The Morgan fingerprint density at radius 2 is 1.91 bits per heavy atom. The van der Waals surface area contributed by atoms with Crippen LogP contribution in [-0.2, 0) is 22.4 Å². The van der Waals surface area contributed by atoms with Crippen LogP contribution in [0.1, 0.15) is 64.5 Å². The average molecular weight is 459 g/mol. The first kappa shape index (κ1) is 26.8. The van der Waals surface area contributed by atoms with E-state index in [1.54, 1.807) is 0 Å². The smallest absolute Gasteiger partial charge is 0.239 e. The molecule has 8 heteroatoms. The molecule has 0 spiro atoms.